The van der Waals surface area contributed by atoms with Gasteiger partial charge in [0.05, 0.1) is 17.3 Å². The summed E-state index contributed by atoms with van der Waals surface area (Å²) < 4.78 is 2.84. The molecule has 154 valence electrons. The summed E-state index contributed by atoms with van der Waals surface area (Å²) in [6.07, 6.45) is 4.07. The molecule has 5 rings (SSSR count). The second-order valence-corrected chi connectivity index (χ2v) is 8.43. The normalized spacial score (nSPS) is 16.1. The number of rotatable bonds is 4. The van der Waals surface area contributed by atoms with Crippen molar-refractivity contribution < 1.29 is 9.59 Å². The van der Waals surface area contributed by atoms with Crippen molar-refractivity contribution in [3.05, 3.63) is 83.6 Å². The van der Waals surface area contributed by atoms with Gasteiger partial charge in [-0.1, -0.05) is 46.3 Å². The fraction of sp³-hybridized carbons (Fsp3) is 0.125. The average Bonchev–Trinajstić information content (AvgIpc) is 3.38. The van der Waals surface area contributed by atoms with Crippen molar-refractivity contribution in [2.75, 3.05) is 16.8 Å². The fourth-order valence-corrected chi connectivity index (χ4v) is 4.28. The third kappa shape index (κ3) is 3.84. The van der Waals surface area contributed by atoms with Gasteiger partial charge in [0, 0.05) is 41.1 Å². The van der Waals surface area contributed by atoms with Crippen LogP contribution in [0.3, 0.4) is 0 Å². The zero-order chi connectivity index (χ0) is 21.4. The van der Waals surface area contributed by atoms with Crippen LogP contribution in [0.2, 0.25) is 0 Å². The number of benzene rings is 2. The molecule has 2 amide bonds. The Morgan fingerprint density at radius 2 is 1.90 bits per heavy atom. The molecule has 31 heavy (non-hydrogen) atoms. The van der Waals surface area contributed by atoms with Crippen molar-refractivity contribution in [1.29, 1.82) is 0 Å². The summed E-state index contributed by atoms with van der Waals surface area (Å²) in [5, 5.41) is 3.02. The van der Waals surface area contributed by atoms with Crippen LogP contribution in [-0.4, -0.2) is 27.7 Å². The van der Waals surface area contributed by atoms with E-state index < -0.39 is 5.92 Å². The zero-order valence-electron chi connectivity index (χ0n) is 16.5. The molecular weight excluding hydrogens is 456 g/mol. The molecule has 1 N–H and O–H groups in total. The Labute approximate surface area is 187 Å². The molecule has 1 atom stereocenters. The molecule has 2 aromatic heterocycles. The number of halogens is 1. The summed E-state index contributed by atoms with van der Waals surface area (Å²) in [4.78, 5) is 31.9. The minimum Gasteiger partial charge on any atom is -0.325 e. The van der Waals surface area contributed by atoms with Gasteiger partial charge >= 0.3 is 0 Å². The Bertz CT molecular complexity index is 1270. The monoisotopic (exact) mass is 474 g/mol. The molecule has 1 aliphatic heterocycles. The molecule has 0 saturated carbocycles. The third-order valence-corrected chi connectivity index (χ3v) is 5.93. The Balaban J connectivity index is 1.37. The van der Waals surface area contributed by atoms with E-state index in [4.69, 9.17) is 0 Å². The molecule has 1 fully saturated rings. The first kappa shape index (κ1) is 19.5. The van der Waals surface area contributed by atoms with Crippen LogP contribution < -0.4 is 10.2 Å². The Morgan fingerprint density at radius 3 is 2.74 bits per heavy atom. The molecule has 3 heterocycles. The number of pyridine rings is 1. The number of nitrogens with one attached hydrogen (secondary N) is 1. The quantitative estimate of drug-likeness (QED) is 0.463. The number of anilines is 2. The number of amides is 2. The number of hydrogen-bond acceptors (Lipinski definition) is 3. The fourth-order valence-electron chi connectivity index (χ4n) is 3.89. The minimum atomic E-state index is -0.416. The highest BCUT2D eigenvalue weighted by atomic mass is 79.9. The van der Waals surface area contributed by atoms with E-state index in [1.54, 1.807) is 4.90 Å². The summed E-state index contributed by atoms with van der Waals surface area (Å²) in [5.74, 6) is -0.630. The highest BCUT2D eigenvalue weighted by Crippen LogP contribution is 2.31. The standard InChI is InChI=1S/C24H19BrN4O2/c25-17-6-5-7-18(13-17)29-14-16(12-23(29)30)24(31)27-20-9-2-1-8-19(20)21-15-28-11-4-3-10-22(28)26-21/h1-11,13,15-16H,12,14H2,(H,27,31). The lowest BCUT2D eigenvalue weighted by Gasteiger charge is -2.17. The van der Waals surface area contributed by atoms with Crippen LogP contribution in [0.5, 0.6) is 0 Å². The Morgan fingerprint density at radius 1 is 1.06 bits per heavy atom. The predicted molar refractivity (Wildman–Crippen MR) is 124 cm³/mol. The molecule has 0 radical (unpaired) electrons. The first-order chi connectivity index (χ1) is 15.1. The lowest BCUT2D eigenvalue weighted by Crippen LogP contribution is -2.28. The molecule has 7 heteroatoms. The van der Waals surface area contributed by atoms with Gasteiger partial charge < -0.3 is 14.6 Å². The molecule has 1 unspecified atom stereocenters. The second kappa shape index (κ2) is 8.00. The zero-order valence-corrected chi connectivity index (χ0v) is 18.1. The number of nitrogens with zero attached hydrogens (tertiary/aromatic N) is 3. The van der Waals surface area contributed by atoms with Crippen LogP contribution in [0, 0.1) is 5.92 Å². The van der Waals surface area contributed by atoms with E-state index >= 15 is 0 Å². The number of imidazole rings is 1. The summed E-state index contributed by atoms with van der Waals surface area (Å²) in [7, 11) is 0. The molecule has 2 aromatic carbocycles. The Hall–Kier alpha value is -3.45. The van der Waals surface area contributed by atoms with E-state index in [1.807, 2.05) is 83.5 Å². The van der Waals surface area contributed by atoms with Crippen molar-refractivity contribution in [1.82, 2.24) is 9.38 Å². The van der Waals surface area contributed by atoms with Gasteiger partial charge in [-0.3, -0.25) is 9.59 Å². The summed E-state index contributed by atoms with van der Waals surface area (Å²) in [6.45, 7) is 0.359. The maximum absolute atomic E-state index is 13.0. The number of carbonyl (C=O) groups excluding carboxylic acids is 2. The van der Waals surface area contributed by atoms with Crippen molar-refractivity contribution in [2.45, 2.75) is 6.42 Å². The number of fused-ring (bicyclic) bond motifs is 1. The van der Waals surface area contributed by atoms with Gasteiger partial charge in [-0.25, -0.2) is 4.98 Å². The molecule has 0 bridgehead atoms. The number of hydrogen-bond donors (Lipinski definition) is 1. The molecule has 4 aromatic rings. The van der Waals surface area contributed by atoms with Gasteiger partial charge in [-0.15, -0.1) is 0 Å². The maximum Gasteiger partial charge on any atom is 0.229 e. The van der Waals surface area contributed by atoms with E-state index in [9.17, 15) is 9.59 Å². The van der Waals surface area contributed by atoms with Gasteiger partial charge in [0.25, 0.3) is 0 Å². The molecule has 6 nitrogen and oxygen atoms in total. The van der Waals surface area contributed by atoms with Crippen LogP contribution in [0.1, 0.15) is 6.42 Å². The van der Waals surface area contributed by atoms with Crippen LogP contribution in [0.25, 0.3) is 16.9 Å². The van der Waals surface area contributed by atoms with Gasteiger partial charge in [0.15, 0.2) is 0 Å². The van der Waals surface area contributed by atoms with E-state index in [-0.39, 0.29) is 18.2 Å². The topological polar surface area (TPSA) is 66.7 Å². The largest absolute Gasteiger partial charge is 0.325 e. The lowest BCUT2D eigenvalue weighted by atomic mass is 10.1. The van der Waals surface area contributed by atoms with Crippen molar-refractivity contribution in [3.63, 3.8) is 0 Å². The van der Waals surface area contributed by atoms with Crippen LogP contribution >= 0.6 is 15.9 Å². The van der Waals surface area contributed by atoms with E-state index in [1.165, 1.54) is 0 Å². The smallest absolute Gasteiger partial charge is 0.229 e. The number of para-hydroxylation sites is 1. The summed E-state index contributed by atoms with van der Waals surface area (Å²) >= 11 is 3.44. The summed E-state index contributed by atoms with van der Waals surface area (Å²) in [5.41, 5.74) is 3.93. The van der Waals surface area contributed by atoms with E-state index in [2.05, 4.69) is 26.2 Å². The van der Waals surface area contributed by atoms with Gasteiger partial charge in [-0.2, -0.15) is 0 Å². The van der Waals surface area contributed by atoms with E-state index in [0.29, 0.717) is 12.2 Å². The second-order valence-electron chi connectivity index (χ2n) is 7.51. The molecule has 0 aliphatic carbocycles. The average molecular weight is 475 g/mol. The minimum absolute atomic E-state index is 0.0492. The SMILES string of the molecule is O=C(Nc1ccccc1-c1cn2ccccc2n1)C1CC(=O)N(c2cccc(Br)c2)C1. The van der Waals surface area contributed by atoms with Gasteiger partial charge in [0.2, 0.25) is 11.8 Å². The predicted octanol–water partition coefficient (Wildman–Crippen LogP) is 4.76. The molecule has 1 saturated heterocycles. The first-order valence-electron chi connectivity index (χ1n) is 9.98. The number of aromatic nitrogens is 2. The molecule has 0 spiro atoms. The van der Waals surface area contributed by atoms with Gasteiger partial charge in [-0.05, 0) is 36.4 Å². The Kier molecular flexibility index (Phi) is 5.03. The van der Waals surface area contributed by atoms with Crippen LogP contribution in [0.15, 0.2) is 83.6 Å². The molecule has 1 aliphatic rings. The van der Waals surface area contributed by atoms with Crippen LogP contribution in [-0.2, 0) is 9.59 Å². The van der Waals surface area contributed by atoms with E-state index in [0.717, 1.165) is 27.1 Å². The first-order valence-corrected chi connectivity index (χ1v) is 10.8. The van der Waals surface area contributed by atoms with Crippen molar-refractivity contribution in [3.8, 4) is 11.3 Å². The van der Waals surface area contributed by atoms with Crippen molar-refractivity contribution in [2.24, 2.45) is 5.92 Å². The molecular formula is C24H19BrN4O2. The summed E-state index contributed by atoms with van der Waals surface area (Å²) in [6, 6.07) is 21.0. The highest BCUT2D eigenvalue weighted by molar-refractivity contribution is 9.10. The van der Waals surface area contributed by atoms with Crippen LogP contribution in [0.4, 0.5) is 11.4 Å². The lowest BCUT2D eigenvalue weighted by molar-refractivity contribution is -0.122. The highest BCUT2D eigenvalue weighted by Gasteiger charge is 2.35. The van der Waals surface area contributed by atoms with Gasteiger partial charge in [0.1, 0.15) is 5.65 Å². The third-order valence-electron chi connectivity index (χ3n) is 5.44. The number of carbonyl (C=O) groups is 2. The maximum atomic E-state index is 13.0. The van der Waals surface area contributed by atoms with Crippen molar-refractivity contribution >= 4 is 44.8 Å².